The molecule has 0 aromatic carbocycles. The molecule has 0 aromatic rings. The lowest BCUT2D eigenvalue weighted by atomic mass is 9.44. The molecule has 4 fully saturated rings. The molecule has 0 bridgehead atoms. The Balaban J connectivity index is 1.55. The molecule has 7 nitrogen and oxygen atoms in total. The summed E-state index contributed by atoms with van der Waals surface area (Å²) in [6.45, 7) is 5.21. The largest absolute Gasteiger partial charge is 0.509 e. The summed E-state index contributed by atoms with van der Waals surface area (Å²) in [5.41, 5.74) is -7.52. The predicted octanol–water partition coefficient (Wildman–Crippen LogP) is 5.49. The van der Waals surface area contributed by atoms with E-state index in [1.165, 1.54) is 19.1 Å². The average Bonchev–Trinajstić information content (AvgIpc) is 3.10. The van der Waals surface area contributed by atoms with Crippen molar-refractivity contribution in [3.8, 4) is 0 Å². The topological polar surface area (TPSA) is 99.1 Å². The number of halogens is 3. The van der Waals surface area contributed by atoms with Gasteiger partial charge in [0.1, 0.15) is 12.3 Å². The smallest absolute Gasteiger partial charge is 0.431 e. The van der Waals surface area contributed by atoms with Crippen molar-refractivity contribution in [2.45, 2.75) is 102 Å². The van der Waals surface area contributed by atoms with Gasteiger partial charge in [0.05, 0.1) is 6.10 Å². The highest BCUT2D eigenvalue weighted by Gasteiger charge is 2.79. The lowest BCUT2D eigenvalue weighted by molar-refractivity contribution is -0.236. The molecule has 0 aromatic heterocycles. The lowest BCUT2D eigenvalue weighted by Crippen LogP contribution is -2.71. The van der Waals surface area contributed by atoms with Crippen molar-refractivity contribution in [3.63, 3.8) is 0 Å². The van der Waals surface area contributed by atoms with E-state index in [-0.39, 0.29) is 30.8 Å². The van der Waals surface area contributed by atoms with Crippen LogP contribution in [-0.4, -0.2) is 59.5 Å². The van der Waals surface area contributed by atoms with E-state index in [2.05, 4.69) is 0 Å². The molecule has 40 heavy (non-hydrogen) atoms. The summed E-state index contributed by atoms with van der Waals surface area (Å²) in [6.07, 6.45) is 1.58. The zero-order chi connectivity index (χ0) is 29.3. The number of alkyl halides is 3. The maximum absolute atomic E-state index is 17.5. The van der Waals surface area contributed by atoms with Crippen LogP contribution in [0.4, 0.5) is 18.0 Å². The van der Waals surface area contributed by atoms with Gasteiger partial charge in [0, 0.05) is 22.7 Å². The molecule has 0 radical (unpaired) electrons. The molecular weight excluding hydrogens is 529 g/mol. The first-order valence-corrected chi connectivity index (χ1v) is 14.3. The van der Waals surface area contributed by atoms with E-state index in [9.17, 15) is 23.9 Å². The van der Waals surface area contributed by atoms with Gasteiger partial charge in [-0.05, 0) is 75.0 Å². The minimum absolute atomic E-state index is 0.0167. The summed E-state index contributed by atoms with van der Waals surface area (Å²) in [6, 6.07) is 0. The third kappa shape index (κ3) is 3.83. The molecule has 11 atom stereocenters. The van der Waals surface area contributed by atoms with Gasteiger partial charge < -0.3 is 19.3 Å². The Labute approximate surface area is 232 Å². The second-order valence-electron chi connectivity index (χ2n) is 13.0. The minimum Gasteiger partial charge on any atom is -0.431 e. The highest BCUT2D eigenvalue weighted by atomic mass is 19.1. The average molecular weight is 569 g/mol. The van der Waals surface area contributed by atoms with Crippen LogP contribution in [0.2, 0.25) is 0 Å². The van der Waals surface area contributed by atoms with E-state index < -0.39 is 83.0 Å². The number of aliphatic hydroxyl groups excluding tert-OH is 1. The van der Waals surface area contributed by atoms with Gasteiger partial charge in [-0.15, -0.1) is 0 Å². The van der Waals surface area contributed by atoms with Crippen LogP contribution in [-0.2, 0) is 23.8 Å². The predicted molar refractivity (Wildman–Crippen MR) is 137 cm³/mol. The summed E-state index contributed by atoms with van der Waals surface area (Å²) in [5.74, 6) is -4.12. The van der Waals surface area contributed by atoms with Crippen molar-refractivity contribution in [1.82, 2.24) is 0 Å². The SMILES string of the molecule is C[C@@H]1C[C@H]2[C@@H]3C[C@H](F)C4=CC(=O)C=C[C@]4(C)[C@@]3(F)[C@@H](O)C[C@]2(C)[C@@]1(OC(=O)O[C@@H]1CCCC[C@@H]1C)C(=O)OCF. The minimum atomic E-state index is -2.37. The Bertz CT molecular complexity index is 1140. The van der Waals surface area contributed by atoms with Gasteiger partial charge in [0.15, 0.2) is 11.5 Å². The molecule has 0 aliphatic heterocycles. The second-order valence-corrected chi connectivity index (χ2v) is 13.0. The molecule has 4 saturated carbocycles. The molecule has 0 unspecified atom stereocenters. The molecule has 5 rings (SSSR count). The van der Waals surface area contributed by atoms with Crippen LogP contribution in [0.15, 0.2) is 23.8 Å². The first-order chi connectivity index (χ1) is 18.8. The number of ether oxygens (including phenoxy) is 3. The Hall–Kier alpha value is -2.36. The normalized spacial score (nSPS) is 47.9. The van der Waals surface area contributed by atoms with Crippen molar-refractivity contribution in [3.05, 3.63) is 23.8 Å². The number of carbonyl (C=O) groups is 3. The molecule has 0 saturated heterocycles. The maximum atomic E-state index is 17.5. The van der Waals surface area contributed by atoms with Crippen molar-refractivity contribution in [1.29, 1.82) is 0 Å². The van der Waals surface area contributed by atoms with Gasteiger partial charge >= 0.3 is 12.1 Å². The summed E-state index contributed by atoms with van der Waals surface area (Å²) in [4.78, 5) is 38.9. The number of hydrogen-bond donors (Lipinski definition) is 1. The highest BCUT2D eigenvalue weighted by Crippen LogP contribution is 2.71. The van der Waals surface area contributed by atoms with Crippen molar-refractivity contribution >= 4 is 17.9 Å². The number of aliphatic hydroxyl groups is 1. The van der Waals surface area contributed by atoms with E-state index in [0.29, 0.717) is 6.42 Å². The van der Waals surface area contributed by atoms with Crippen LogP contribution >= 0.6 is 0 Å². The number of rotatable bonds is 4. The Morgan fingerprint density at radius 3 is 2.50 bits per heavy atom. The number of allylic oxidation sites excluding steroid dienone is 4. The van der Waals surface area contributed by atoms with Gasteiger partial charge in [0.2, 0.25) is 12.5 Å². The number of carbonyl (C=O) groups excluding carboxylic acids is 3. The van der Waals surface area contributed by atoms with E-state index in [1.54, 1.807) is 13.8 Å². The Morgan fingerprint density at radius 1 is 1.12 bits per heavy atom. The second kappa shape index (κ2) is 9.88. The van der Waals surface area contributed by atoms with Crippen molar-refractivity contribution in [2.75, 3.05) is 6.86 Å². The van der Waals surface area contributed by atoms with Crippen LogP contribution in [0.1, 0.15) is 72.6 Å². The number of fused-ring (bicyclic) bond motifs is 5. The van der Waals surface area contributed by atoms with Crippen LogP contribution in [0, 0.1) is 34.5 Å². The van der Waals surface area contributed by atoms with E-state index in [0.717, 1.165) is 25.3 Å². The van der Waals surface area contributed by atoms with Crippen LogP contribution < -0.4 is 0 Å². The Kier molecular flexibility index (Phi) is 7.20. The monoisotopic (exact) mass is 568 g/mol. The fraction of sp³-hybridized carbons (Fsp3) is 0.767. The van der Waals surface area contributed by atoms with Gasteiger partial charge in [0.25, 0.3) is 0 Å². The molecule has 5 aliphatic rings. The molecule has 0 heterocycles. The number of hydrogen-bond acceptors (Lipinski definition) is 7. The third-order valence-corrected chi connectivity index (χ3v) is 11.2. The van der Waals surface area contributed by atoms with Crippen molar-refractivity contribution < 1.29 is 46.9 Å². The fourth-order valence-corrected chi connectivity index (χ4v) is 9.11. The summed E-state index contributed by atoms with van der Waals surface area (Å²) < 4.78 is 62.9. The quantitative estimate of drug-likeness (QED) is 0.448. The van der Waals surface area contributed by atoms with Crippen LogP contribution in [0.25, 0.3) is 0 Å². The summed E-state index contributed by atoms with van der Waals surface area (Å²) in [7, 11) is 0. The van der Waals surface area contributed by atoms with E-state index in [4.69, 9.17) is 14.2 Å². The van der Waals surface area contributed by atoms with Gasteiger partial charge in [-0.25, -0.2) is 22.8 Å². The molecule has 1 N–H and O–H groups in total. The zero-order valence-electron chi connectivity index (χ0n) is 23.5. The van der Waals surface area contributed by atoms with Gasteiger partial charge in [-0.3, -0.25) is 4.79 Å². The van der Waals surface area contributed by atoms with Crippen molar-refractivity contribution in [2.24, 2.45) is 34.5 Å². The molecule has 222 valence electrons. The van der Waals surface area contributed by atoms with E-state index >= 15 is 8.78 Å². The van der Waals surface area contributed by atoms with Gasteiger partial charge in [-0.1, -0.05) is 33.3 Å². The molecule has 5 aliphatic carbocycles. The zero-order valence-corrected chi connectivity index (χ0v) is 23.5. The van der Waals surface area contributed by atoms with Crippen LogP contribution in [0.3, 0.4) is 0 Å². The molecule has 10 heteroatoms. The van der Waals surface area contributed by atoms with E-state index in [1.807, 2.05) is 6.92 Å². The number of esters is 1. The third-order valence-electron chi connectivity index (χ3n) is 11.2. The van der Waals surface area contributed by atoms with Gasteiger partial charge in [-0.2, -0.15) is 0 Å². The lowest BCUT2D eigenvalue weighted by Gasteiger charge is -2.62. The molecular formula is C30H39F3O7. The first-order valence-electron chi connectivity index (χ1n) is 14.3. The first kappa shape index (κ1) is 29.1. The standard InChI is InChI=1S/C30H39F3O7/c1-16-7-5-6-8-23(16)39-26(37)40-30(25(36)38-15-31)17(2)11-19-20-13-22(32)21-12-18(34)9-10-27(21,3)29(20,33)24(35)14-28(19,30)4/h9-10,12,16-17,19-20,22-24,35H,5-8,11,13-15H2,1-4H3/t16-,17+,19-,20-,22-,23+,24-,27-,28-,29-,30-/m0/s1. The fourth-order valence-electron chi connectivity index (χ4n) is 9.11. The van der Waals surface area contributed by atoms with Crippen LogP contribution in [0.5, 0.6) is 0 Å². The maximum Gasteiger partial charge on any atom is 0.509 e. The Morgan fingerprint density at radius 2 is 1.82 bits per heavy atom. The molecule has 0 amide bonds. The highest BCUT2D eigenvalue weighted by molar-refractivity contribution is 6.01. The number of ketones is 1. The summed E-state index contributed by atoms with van der Waals surface area (Å²) >= 11 is 0. The molecule has 0 spiro atoms. The summed E-state index contributed by atoms with van der Waals surface area (Å²) in [5, 5.41) is 11.6.